The number of nitrogens with one attached hydrogen (secondary N) is 1. The molecule has 1 unspecified atom stereocenters. The molecule has 0 aliphatic carbocycles. The summed E-state index contributed by atoms with van der Waals surface area (Å²) in [6.45, 7) is 4.50. The number of alkyl halides is 3. The van der Waals surface area contributed by atoms with Gasteiger partial charge >= 0.3 is 18.2 Å². The lowest BCUT2D eigenvalue weighted by Gasteiger charge is -2.24. The fraction of sp³-hybridized carbons (Fsp3) is 0.462. The Hall–Kier alpha value is -2.32. The van der Waals surface area contributed by atoms with Crippen molar-refractivity contribution in [3.63, 3.8) is 0 Å². The first-order valence-electron chi connectivity index (χ1n) is 6.15. The minimum absolute atomic E-state index is 0.370. The molecule has 0 aromatic carbocycles. The number of halogens is 3. The number of ether oxygens (including phenoxy) is 1. The monoisotopic (exact) mass is 320 g/mol. The second-order valence-electron chi connectivity index (χ2n) is 5.40. The van der Waals surface area contributed by atoms with Gasteiger partial charge in [-0.3, -0.25) is 4.98 Å². The molecular weight excluding hydrogens is 305 g/mol. The number of rotatable bonds is 3. The average Bonchev–Trinajstić information content (AvgIpc) is 2.32. The Labute approximate surface area is 124 Å². The highest BCUT2D eigenvalue weighted by atomic mass is 19.4. The number of pyridine rings is 1. The molecule has 1 amide bonds. The largest absolute Gasteiger partial charge is 0.478 e. The van der Waals surface area contributed by atoms with Crippen molar-refractivity contribution in [1.82, 2.24) is 10.3 Å². The summed E-state index contributed by atoms with van der Waals surface area (Å²) in [7, 11) is 0. The molecule has 122 valence electrons. The molecule has 2 N–H and O–H groups in total. The topological polar surface area (TPSA) is 88.5 Å². The van der Waals surface area contributed by atoms with Crippen LogP contribution in [0, 0.1) is 0 Å². The summed E-state index contributed by atoms with van der Waals surface area (Å²) in [5.41, 5.74) is -1.99. The third-order valence-electron chi connectivity index (χ3n) is 2.31. The van der Waals surface area contributed by atoms with E-state index in [1.165, 1.54) is 20.8 Å². The van der Waals surface area contributed by atoms with Crippen LogP contribution in [0.4, 0.5) is 18.0 Å². The highest BCUT2D eigenvalue weighted by Crippen LogP contribution is 2.32. The van der Waals surface area contributed by atoms with Crippen LogP contribution in [0.1, 0.15) is 42.9 Å². The molecule has 0 radical (unpaired) electrons. The number of aromatic nitrogens is 1. The molecule has 0 saturated carbocycles. The van der Waals surface area contributed by atoms with E-state index in [9.17, 15) is 22.8 Å². The van der Waals surface area contributed by atoms with Gasteiger partial charge in [-0.05, 0) is 32.9 Å². The molecule has 1 rings (SSSR count). The maximum absolute atomic E-state index is 13.1. The van der Waals surface area contributed by atoms with Crippen LogP contribution < -0.4 is 5.32 Å². The van der Waals surface area contributed by atoms with E-state index in [-0.39, 0.29) is 5.56 Å². The van der Waals surface area contributed by atoms with Crippen LogP contribution in [-0.4, -0.2) is 33.9 Å². The zero-order valence-corrected chi connectivity index (χ0v) is 12.1. The number of hydrogen-bond donors (Lipinski definition) is 2. The van der Waals surface area contributed by atoms with Crippen molar-refractivity contribution in [1.29, 1.82) is 0 Å². The highest BCUT2D eigenvalue weighted by Gasteiger charge is 2.43. The molecule has 22 heavy (non-hydrogen) atoms. The summed E-state index contributed by atoms with van der Waals surface area (Å²) in [5.74, 6) is -1.40. The molecule has 0 aliphatic rings. The smallest absolute Gasteiger partial charge is 0.414 e. The van der Waals surface area contributed by atoms with Crippen molar-refractivity contribution in [3.8, 4) is 0 Å². The summed E-state index contributed by atoms with van der Waals surface area (Å²) in [5, 5.41) is 10.5. The predicted octanol–water partition coefficient (Wildman–Crippen LogP) is 2.91. The number of aromatic carboxylic acids is 1. The lowest BCUT2D eigenvalue weighted by molar-refractivity contribution is -0.157. The Bertz CT molecular complexity index is 567. The molecule has 0 bridgehead atoms. The molecule has 0 saturated heterocycles. The average molecular weight is 320 g/mol. The van der Waals surface area contributed by atoms with Gasteiger partial charge in [-0.15, -0.1) is 0 Å². The number of amides is 1. The Kier molecular flexibility index (Phi) is 5.00. The standard InChI is InChI=1S/C13H15F3N2O4/c1-12(2,3)22-11(21)18-9(13(14,15)16)8-6-7(10(19)20)4-5-17-8/h4-6,9H,1-3H3,(H,18,21)(H,19,20). The van der Waals surface area contributed by atoms with Crippen LogP contribution in [0.25, 0.3) is 0 Å². The Morgan fingerprint density at radius 2 is 1.91 bits per heavy atom. The van der Waals surface area contributed by atoms with Crippen molar-refractivity contribution in [2.24, 2.45) is 0 Å². The summed E-state index contributed by atoms with van der Waals surface area (Å²) >= 11 is 0. The maximum Gasteiger partial charge on any atom is 0.414 e. The van der Waals surface area contributed by atoms with Crippen molar-refractivity contribution in [3.05, 3.63) is 29.6 Å². The van der Waals surface area contributed by atoms with Crippen molar-refractivity contribution < 1.29 is 32.6 Å². The van der Waals surface area contributed by atoms with Gasteiger partial charge in [0.2, 0.25) is 0 Å². The summed E-state index contributed by atoms with van der Waals surface area (Å²) in [6.07, 6.45) is -5.22. The number of carbonyl (C=O) groups excluding carboxylic acids is 1. The first kappa shape index (κ1) is 17.7. The molecule has 9 heteroatoms. The van der Waals surface area contributed by atoms with Crippen molar-refractivity contribution in [2.75, 3.05) is 0 Å². The van der Waals surface area contributed by atoms with Crippen LogP contribution in [0.2, 0.25) is 0 Å². The minimum Gasteiger partial charge on any atom is -0.478 e. The lowest BCUT2D eigenvalue weighted by atomic mass is 10.1. The maximum atomic E-state index is 13.1. The molecule has 1 aromatic heterocycles. The van der Waals surface area contributed by atoms with Gasteiger partial charge in [0.1, 0.15) is 5.60 Å². The van der Waals surface area contributed by atoms with Crippen LogP contribution >= 0.6 is 0 Å². The minimum atomic E-state index is -4.86. The third kappa shape index (κ3) is 5.23. The van der Waals surface area contributed by atoms with Crippen LogP contribution in [-0.2, 0) is 4.74 Å². The Balaban J connectivity index is 3.07. The van der Waals surface area contributed by atoms with E-state index < -0.39 is 35.6 Å². The van der Waals surface area contributed by atoms with E-state index in [1.54, 1.807) is 5.32 Å². The van der Waals surface area contributed by atoms with Crippen LogP contribution in [0.15, 0.2) is 18.3 Å². The number of alkyl carbamates (subject to hydrolysis) is 1. The molecule has 0 aliphatic heterocycles. The van der Waals surface area contributed by atoms with Gasteiger partial charge < -0.3 is 15.2 Å². The fourth-order valence-corrected chi connectivity index (χ4v) is 1.49. The Morgan fingerprint density at radius 3 is 2.36 bits per heavy atom. The number of carboxylic acid groups (broad SMARTS) is 1. The van der Waals surface area contributed by atoms with E-state index in [2.05, 4.69) is 4.98 Å². The molecule has 6 nitrogen and oxygen atoms in total. The quantitative estimate of drug-likeness (QED) is 0.894. The van der Waals surface area contributed by atoms with E-state index in [4.69, 9.17) is 9.84 Å². The van der Waals surface area contributed by atoms with Crippen LogP contribution in [0.5, 0.6) is 0 Å². The van der Waals surface area contributed by atoms with Crippen molar-refractivity contribution in [2.45, 2.75) is 38.6 Å². The summed E-state index contributed by atoms with van der Waals surface area (Å²) in [4.78, 5) is 25.8. The predicted molar refractivity (Wildman–Crippen MR) is 69.4 cm³/mol. The number of carboxylic acids is 1. The van der Waals surface area contributed by atoms with Gasteiger partial charge in [0.25, 0.3) is 0 Å². The Morgan fingerprint density at radius 1 is 1.32 bits per heavy atom. The van der Waals surface area contributed by atoms with E-state index in [0.717, 1.165) is 18.3 Å². The van der Waals surface area contributed by atoms with Gasteiger partial charge in [-0.25, -0.2) is 9.59 Å². The zero-order valence-electron chi connectivity index (χ0n) is 12.1. The first-order chi connectivity index (χ1) is 9.90. The summed E-state index contributed by atoms with van der Waals surface area (Å²) in [6, 6.07) is -0.674. The zero-order chi connectivity index (χ0) is 17.1. The van der Waals surface area contributed by atoms with Crippen molar-refractivity contribution >= 4 is 12.1 Å². The second kappa shape index (κ2) is 6.20. The first-order valence-corrected chi connectivity index (χ1v) is 6.15. The molecule has 0 fully saturated rings. The lowest BCUT2D eigenvalue weighted by Crippen LogP contribution is -2.41. The van der Waals surface area contributed by atoms with Gasteiger partial charge in [-0.1, -0.05) is 0 Å². The van der Waals surface area contributed by atoms with E-state index in [0.29, 0.717) is 0 Å². The fourth-order valence-electron chi connectivity index (χ4n) is 1.49. The molecule has 1 atom stereocenters. The number of nitrogens with zero attached hydrogens (tertiary/aromatic N) is 1. The van der Waals surface area contributed by atoms with Gasteiger partial charge in [0, 0.05) is 6.20 Å². The second-order valence-corrected chi connectivity index (χ2v) is 5.40. The van der Waals surface area contributed by atoms with Gasteiger partial charge in [0.05, 0.1) is 11.3 Å². The van der Waals surface area contributed by atoms with Crippen LogP contribution in [0.3, 0.4) is 0 Å². The van der Waals surface area contributed by atoms with Gasteiger partial charge in [-0.2, -0.15) is 13.2 Å². The highest BCUT2D eigenvalue weighted by molar-refractivity contribution is 5.87. The molecule has 1 aromatic rings. The number of carbonyl (C=O) groups is 2. The third-order valence-corrected chi connectivity index (χ3v) is 2.31. The normalized spacial score (nSPS) is 13.4. The number of hydrogen-bond acceptors (Lipinski definition) is 4. The SMILES string of the molecule is CC(C)(C)OC(=O)NC(c1cc(C(=O)O)ccn1)C(F)(F)F. The summed E-state index contributed by atoms with van der Waals surface area (Å²) < 4.78 is 44.0. The van der Waals surface area contributed by atoms with E-state index in [1.807, 2.05) is 0 Å². The van der Waals surface area contributed by atoms with Gasteiger partial charge in [0.15, 0.2) is 6.04 Å². The molecule has 1 heterocycles. The molecular formula is C13H15F3N2O4. The van der Waals surface area contributed by atoms with E-state index >= 15 is 0 Å². The molecule has 0 spiro atoms.